The average molecular weight is 445 g/mol. The summed E-state index contributed by atoms with van der Waals surface area (Å²) < 4.78 is 32.5. The SMILES string of the molecule is CCN(c1ccccc1)S(=O)(=O)c1ccc(C(=O)OCC(=O)N2CCC(C)CC2)cc1. The normalized spacial score (nSPS) is 14.8. The van der Waals surface area contributed by atoms with Gasteiger partial charge in [0, 0.05) is 19.6 Å². The van der Waals surface area contributed by atoms with Crippen molar-refractivity contribution in [2.75, 3.05) is 30.5 Å². The van der Waals surface area contributed by atoms with Crippen LogP contribution in [0.5, 0.6) is 0 Å². The number of nitrogens with zero attached hydrogens (tertiary/aromatic N) is 2. The maximum absolute atomic E-state index is 13.0. The molecule has 8 heteroatoms. The number of benzene rings is 2. The first kappa shape index (κ1) is 22.8. The molecule has 1 aliphatic rings. The summed E-state index contributed by atoms with van der Waals surface area (Å²) in [6.07, 6.45) is 1.90. The van der Waals surface area contributed by atoms with Gasteiger partial charge in [0.2, 0.25) is 0 Å². The minimum absolute atomic E-state index is 0.0771. The number of anilines is 1. The molecule has 0 aliphatic carbocycles. The summed E-state index contributed by atoms with van der Waals surface area (Å²) in [5.41, 5.74) is 0.765. The first-order chi connectivity index (χ1) is 14.8. The molecule has 166 valence electrons. The van der Waals surface area contributed by atoms with Gasteiger partial charge in [-0.25, -0.2) is 13.2 Å². The summed E-state index contributed by atoms with van der Waals surface area (Å²) in [5.74, 6) is -0.258. The zero-order valence-corrected chi connectivity index (χ0v) is 18.7. The van der Waals surface area contributed by atoms with E-state index in [1.54, 1.807) is 36.1 Å². The van der Waals surface area contributed by atoms with Crippen LogP contribution < -0.4 is 4.31 Å². The minimum atomic E-state index is -3.77. The molecule has 2 aromatic rings. The van der Waals surface area contributed by atoms with Gasteiger partial charge in [0.05, 0.1) is 16.1 Å². The van der Waals surface area contributed by atoms with E-state index in [1.807, 2.05) is 6.07 Å². The van der Waals surface area contributed by atoms with Gasteiger partial charge in [-0.1, -0.05) is 25.1 Å². The molecule has 1 saturated heterocycles. The Morgan fingerprint density at radius 1 is 1.03 bits per heavy atom. The molecule has 2 aromatic carbocycles. The number of esters is 1. The van der Waals surface area contributed by atoms with Crippen LogP contribution >= 0.6 is 0 Å². The highest BCUT2D eigenvalue weighted by atomic mass is 32.2. The van der Waals surface area contributed by atoms with Gasteiger partial charge in [-0.3, -0.25) is 9.10 Å². The Morgan fingerprint density at radius 3 is 2.23 bits per heavy atom. The molecule has 0 unspecified atom stereocenters. The third-order valence-electron chi connectivity index (χ3n) is 5.47. The van der Waals surface area contributed by atoms with E-state index in [-0.39, 0.29) is 29.5 Å². The Kier molecular flexibility index (Phi) is 7.33. The average Bonchev–Trinajstić information content (AvgIpc) is 2.79. The van der Waals surface area contributed by atoms with Crippen LogP contribution in [0.3, 0.4) is 0 Å². The Bertz CT molecular complexity index is 998. The lowest BCUT2D eigenvalue weighted by Crippen LogP contribution is -2.40. The highest BCUT2D eigenvalue weighted by Crippen LogP contribution is 2.23. The number of amides is 1. The predicted octanol–water partition coefficient (Wildman–Crippen LogP) is 3.32. The first-order valence-corrected chi connectivity index (χ1v) is 11.9. The minimum Gasteiger partial charge on any atom is -0.452 e. The Labute approximate surface area is 183 Å². The van der Waals surface area contributed by atoms with Crippen molar-refractivity contribution in [3.8, 4) is 0 Å². The van der Waals surface area contributed by atoms with Crippen molar-refractivity contribution >= 4 is 27.6 Å². The zero-order valence-electron chi connectivity index (χ0n) is 17.9. The molecule has 0 bridgehead atoms. The number of carbonyl (C=O) groups excluding carboxylic acids is 2. The highest BCUT2D eigenvalue weighted by molar-refractivity contribution is 7.92. The number of sulfonamides is 1. The van der Waals surface area contributed by atoms with Crippen LogP contribution in [0.4, 0.5) is 5.69 Å². The molecule has 0 aromatic heterocycles. The fourth-order valence-corrected chi connectivity index (χ4v) is 5.01. The van der Waals surface area contributed by atoms with Crippen LogP contribution in [-0.2, 0) is 19.6 Å². The largest absolute Gasteiger partial charge is 0.452 e. The number of para-hydroxylation sites is 1. The van der Waals surface area contributed by atoms with Crippen molar-refractivity contribution in [1.29, 1.82) is 0 Å². The number of piperidine rings is 1. The van der Waals surface area contributed by atoms with Crippen molar-refractivity contribution in [3.63, 3.8) is 0 Å². The van der Waals surface area contributed by atoms with E-state index in [1.165, 1.54) is 28.6 Å². The Morgan fingerprint density at radius 2 is 1.65 bits per heavy atom. The van der Waals surface area contributed by atoms with Gasteiger partial charge in [0.1, 0.15) is 0 Å². The first-order valence-electron chi connectivity index (χ1n) is 10.5. The van der Waals surface area contributed by atoms with Crippen LogP contribution in [0.1, 0.15) is 37.0 Å². The smallest absolute Gasteiger partial charge is 0.338 e. The van der Waals surface area contributed by atoms with Crippen molar-refractivity contribution < 1.29 is 22.7 Å². The fourth-order valence-electron chi connectivity index (χ4n) is 3.54. The molecule has 1 amide bonds. The number of hydrogen-bond acceptors (Lipinski definition) is 5. The molecular weight excluding hydrogens is 416 g/mol. The molecule has 0 N–H and O–H groups in total. The topological polar surface area (TPSA) is 84.0 Å². The van der Waals surface area contributed by atoms with Gasteiger partial charge in [0.15, 0.2) is 6.61 Å². The standard InChI is InChI=1S/C23H28N2O5S/c1-3-25(20-7-5-4-6-8-20)31(28,29)21-11-9-19(10-12-21)23(27)30-17-22(26)24-15-13-18(2)14-16-24/h4-12,18H,3,13-17H2,1-2H3. The summed E-state index contributed by atoms with van der Waals surface area (Å²) in [6, 6.07) is 14.4. The van der Waals surface area contributed by atoms with Crippen molar-refractivity contribution in [2.45, 2.75) is 31.6 Å². The van der Waals surface area contributed by atoms with Crippen LogP contribution in [0.2, 0.25) is 0 Å². The summed E-state index contributed by atoms with van der Waals surface area (Å²) in [4.78, 5) is 26.3. The van der Waals surface area contributed by atoms with Crippen molar-refractivity contribution in [2.24, 2.45) is 5.92 Å². The number of hydrogen-bond donors (Lipinski definition) is 0. The quantitative estimate of drug-likeness (QED) is 0.612. The second-order valence-electron chi connectivity index (χ2n) is 7.67. The van der Waals surface area contributed by atoms with Crippen LogP contribution in [-0.4, -0.2) is 51.4 Å². The summed E-state index contributed by atoms with van der Waals surface area (Å²) in [5, 5.41) is 0. The molecule has 7 nitrogen and oxygen atoms in total. The molecule has 0 radical (unpaired) electrons. The lowest BCUT2D eigenvalue weighted by Gasteiger charge is -2.30. The molecule has 1 aliphatic heterocycles. The Balaban J connectivity index is 1.63. The van der Waals surface area contributed by atoms with Crippen LogP contribution in [0, 0.1) is 5.92 Å². The molecule has 1 fully saturated rings. The van der Waals surface area contributed by atoms with E-state index in [0.29, 0.717) is 24.7 Å². The number of rotatable bonds is 7. The predicted molar refractivity (Wildman–Crippen MR) is 118 cm³/mol. The molecule has 0 saturated carbocycles. The molecule has 31 heavy (non-hydrogen) atoms. The van der Waals surface area contributed by atoms with E-state index in [2.05, 4.69) is 6.92 Å². The third-order valence-corrected chi connectivity index (χ3v) is 7.39. The van der Waals surface area contributed by atoms with E-state index in [0.717, 1.165) is 12.8 Å². The monoisotopic (exact) mass is 444 g/mol. The summed E-state index contributed by atoms with van der Waals surface area (Å²) in [7, 11) is -3.77. The highest BCUT2D eigenvalue weighted by Gasteiger charge is 2.24. The second-order valence-corrected chi connectivity index (χ2v) is 9.53. The van der Waals surface area contributed by atoms with E-state index in [9.17, 15) is 18.0 Å². The zero-order chi connectivity index (χ0) is 22.4. The summed E-state index contributed by atoms with van der Waals surface area (Å²) in [6.45, 7) is 5.24. The number of carbonyl (C=O) groups is 2. The van der Waals surface area contributed by atoms with Gasteiger partial charge in [-0.15, -0.1) is 0 Å². The van der Waals surface area contributed by atoms with Gasteiger partial charge in [-0.2, -0.15) is 0 Å². The second kappa shape index (κ2) is 9.96. The van der Waals surface area contributed by atoms with Crippen molar-refractivity contribution in [3.05, 3.63) is 60.2 Å². The molecular formula is C23H28N2O5S. The summed E-state index contributed by atoms with van der Waals surface area (Å²) >= 11 is 0. The lowest BCUT2D eigenvalue weighted by atomic mass is 9.99. The lowest BCUT2D eigenvalue weighted by molar-refractivity contribution is -0.135. The maximum Gasteiger partial charge on any atom is 0.338 e. The third kappa shape index (κ3) is 5.44. The van der Waals surface area contributed by atoms with E-state index >= 15 is 0 Å². The Hall–Kier alpha value is -2.87. The number of likely N-dealkylation sites (tertiary alicyclic amines) is 1. The number of ether oxygens (including phenoxy) is 1. The van der Waals surface area contributed by atoms with Gasteiger partial charge in [0.25, 0.3) is 15.9 Å². The van der Waals surface area contributed by atoms with Gasteiger partial charge in [-0.05, 0) is 62.1 Å². The maximum atomic E-state index is 13.0. The fraction of sp³-hybridized carbons (Fsp3) is 0.391. The molecule has 0 atom stereocenters. The van der Waals surface area contributed by atoms with Crippen LogP contribution in [0.15, 0.2) is 59.5 Å². The van der Waals surface area contributed by atoms with E-state index < -0.39 is 16.0 Å². The van der Waals surface area contributed by atoms with Crippen LogP contribution in [0.25, 0.3) is 0 Å². The molecule has 3 rings (SSSR count). The van der Waals surface area contributed by atoms with Gasteiger partial charge >= 0.3 is 5.97 Å². The van der Waals surface area contributed by atoms with Gasteiger partial charge < -0.3 is 9.64 Å². The van der Waals surface area contributed by atoms with Crippen molar-refractivity contribution in [1.82, 2.24) is 4.90 Å². The molecule has 1 heterocycles. The molecule has 0 spiro atoms. The van der Waals surface area contributed by atoms with E-state index in [4.69, 9.17) is 4.74 Å².